The summed E-state index contributed by atoms with van der Waals surface area (Å²) in [4.78, 5) is 11.0. The second kappa shape index (κ2) is 3.77. The second-order valence-electron chi connectivity index (χ2n) is 3.58. The highest BCUT2D eigenvalue weighted by Gasteiger charge is 2.18. The summed E-state index contributed by atoms with van der Waals surface area (Å²) in [6.45, 7) is 1.98. The lowest BCUT2D eigenvalue weighted by Gasteiger charge is -2.02. The highest BCUT2D eigenvalue weighted by atomic mass is 16.4. The first-order valence-corrected chi connectivity index (χ1v) is 4.79. The topological polar surface area (TPSA) is 68.0 Å². The van der Waals surface area contributed by atoms with Crippen LogP contribution in [-0.2, 0) is 7.05 Å². The van der Waals surface area contributed by atoms with Gasteiger partial charge in [0.2, 0.25) is 0 Å². The fourth-order valence-electron chi connectivity index (χ4n) is 1.54. The van der Waals surface area contributed by atoms with Crippen molar-refractivity contribution in [1.82, 2.24) is 15.0 Å². The summed E-state index contributed by atoms with van der Waals surface area (Å²) in [5.74, 6) is -1.07. The molecule has 0 amide bonds. The smallest absolute Gasteiger partial charge is 0.358 e. The van der Waals surface area contributed by atoms with E-state index in [0.717, 1.165) is 11.1 Å². The highest BCUT2D eigenvalue weighted by molar-refractivity contribution is 5.92. The molecule has 0 spiro atoms. The number of hydrogen-bond acceptors (Lipinski definition) is 3. The highest BCUT2D eigenvalue weighted by Crippen LogP contribution is 2.21. The zero-order chi connectivity index (χ0) is 11.7. The Morgan fingerprint density at radius 3 is 2.50 bits per heavy atom. The molecule has 16 heavy (non-hydrogen) atoms. The van der Waals surface area contributed by atoms with Crippen molar-refractivity contribution >= 4 is 5.97 Å². The Balaban J connectivity index is 2.58. The molecule has 0 bridgehead atoms. The van der Waals surface area contributed by atoms with Gasteiger partial charge in [-0.05, 0) is 6.92 Å². The number of aryl methyl sites for hydroxylation is 2. The zero-order valence-electron chi connectivity index (χ0n) is 9.01. The molecule has 0 atom stereocenters. The van der Waals surface area contributed by atoms with Crippen molar-refractivity contribution in [3.63, 3.8) is 0 Å². The summed E-state index contributed by atoms with van der Waals surface area (Å²) in [7, 11) is 1.68. The van der Waals surface area contributed by atoms with Crippen LogP contribution in [0.4, 0.5) is 0 Å². The maximum absolute atomic E-state index is 11.0. The molecule has 0 saturated carbocycles. The van der Waals surface area contributed by atoms with Gasteiger partial charge in [0.05, 0.1) is 0 Å². The Kier molecular flexibility index (Phi) is 2.44. The molecule has 0 aliphatic heterocycles. The fourth-order valence-corrected chi connectivity index (χ4v) is 1.54. The molecule has 0 radical (unpaired) electrons. The quantitative estimate of drug-likeness (QED) is 0.827. The van der Waals surface area contributed by atoms with Crippen molar-refractivity contribution in [2.45, 2.75) is 6.92 Å². The number of benzene rings is 1. The summed E-state index contributed by atoms with van der Waals surface area (Å²) < 4.78 is 1.47. The molecular weight excluding hydrogens is 206 g/mol. The SMILES string of the molecule is Cc1ccc(-c2c(C(=O)O)nnn2C)cc1. The molecule has 1 aromatic carbocycles. The summed E-state index contributed by atoms with van der Waals surface area (Å²) in [5.41, 5.74) is 2.42. The number of hydrogen-bond donors (Lipinski definition) is 1. The van der Waals surface area contributed by atoms with Gasteiger partial charge in [0.25, 0.3) is 0 Å². The van der Waals surface area contributed by atoms with E-state index >= 15 is 0 Å². The molecule has 5 nitrogen and oxygen atoms in total. The lowest BCUT2D eigenvalue weighted by Crippen LogP contribution is -2.01. The van der Waals surface area contributed by atoms with E-state index in [1.54, 1.807) is 7.05 Å². The van der Waals surface area contributed by atoms with Crippen molar-refractivity contribution in [3.8, 4) is 11.3 Å². The molecule has 0 aliphatic carbocycles. The minimum atomic E-state index is -1.07. The van der Waals surface area contributed by atoms with Crippen molar-refractivity contribution in [1.29, 1.82) is 0 Å². The van der Waals surface area contributed by atoms with Crippen LogP contribution in [0.25, 0.3) is 11.3 Å². The molecule has 2 rings (SSSR count). The van der Waals surface area contributed by atoms with Crippen LogP contribution in [0.15, 0.2) is 24.3 Å². The van der Waals surface area contributed by atoms with E-state index in [4.69, 9.17) is 5.11 Å². The Morgan fingerprint density at radius 1 is 1.31 bits per heavy atom. The standard InChI is InChI=1S/C11H11N3O2/c1-7-3-5-8(6-4-7)10-9(11(15)16)12-13-14(10)2/h3-6H,1-2H3,(H,15,16). The Labute approximate surface area is 92.3 Å². The van der Waals surface area contributed by atoms with Gasteiger partial charge in [0.1, 0.15) is 5.69 Å². The predicted octanol–water partition coefficient (Wildman–Crippen LogP) is 1.49. The average molecular weight is 217 g/mol. The maximum Gasteiger partial charge on any atom is 0.358 e. The van der Waals surface area contributed by atoms with E-state index in [-0.39, 0.29) is 5.69 Å². The van der Waals surface area contributed by atoms with Gasteiger partial charge in [-0.25, -0.2) is 9.48 Å². The van der Waals surface area contributed by atoms with Crippen LogP contribution in [0, 0.1) is 6.92 Å². The van der Waals surface area contributed by atoms with E-state index in [1.807, 2.05) is 31.2 Å². The number of aromatic nitrogens is 3. The van der Waals surface area contributed by atoms with Gasteiger partial charge in [-0.15, -0.1) is 5.10 Å². The van der Waals surface area contributed by atoms with Gasteiger partial charge >= 0.3 is 5.97 Å². The van der Waals surface area contributed by atoms with Gasteiger partial charge in [0, 0.05) is 12.6 Å². The fraction of sp³-hybridized carbons (Fsp3) is 0.182. The Bertz CT molecular complexity index is 529. The molecule has 0 fully saturated rings. The summed E-state index contributed by atoms with van der Waals surface area (Å²) in [6.07, 6.45) is 0. The van der Waals surface area contributed by atoms with Gasteiger partial charge in [-0.2, -0.15) is 0 Å². The third kappa shape index (κ3) is 1.67. The second-order valence-corrected chi connectivity index (χ2v) is 3.58. The molecule has 0 aliphatic rings. The zero-order valence-corrected chi connectivity index (χ0v) is 9.01. The van der Waals surface area contributed by atoms with E-state index in [9.17, 15) is 4.79 Å². The molecule has 0 unspecified atom stereocenters. The van der Waals surface area contributed by atoms with E-state index in [0.29, 0.717) is 5.69 Å². The molecule has 0 saturated heterocycles. The number of aromatic carboxylic acids is 1. The van der Waals surface area contributed by atoms with Crippen LogP contribution in [0.2, 0.25) is 0 Å². The van der Waals surface area contributed by atoms with E-state index in [1.165, 1.54) is 4.68 Å². The van der Waals surface area contributed by atoms with Crippen molar-refractivity contribution in [2.75, 3.05) is 0 Å². The average Bonchev–Trinajstić information content (AvgIpc) is 2.62. The number of carbonyl (C=O) groups is 1. The lowest BCUT2D eigenvalue weighted by atomic mass is 10.1. The summed E-state index contributed by atoms with van der Waals surface area (Å²) in [5, 5.41) is 16.3. The lowest BCUT2D eigenvalue weighted by molar-refractivity contribution is 0.0691. The minimum Gasteiger partial charge on any atom is -0.476 e. The van der Waals surface area contributed by atoms with Crippen molar-refractivity contribution < 1.29 is 9.90 Å². The molecule has 1 heterocycles. The van der Waals surface area contributed by atoms with Crippen LogP contribution < -0.4 is 0 Å². The molecule has 1 N–H and O–H groups in total. The van der Waals surface area contributed by atoms with E-state index < -0.39 is 5.97 Å². The number of carboxylic acid groups (broad SMARTS) is 1. The number of nitrogens with zero attached hydrogens (tertiary/aromatic N) is 3. The van der Waals surface area contributed by atoms with Crippen LogP contribution >= 0.6 is 0 Å². The largest absolute Gasteiger partial charge is 0.476 e. The minimum absolute atomic E-state index is 0.0219. The Morgan fingerprint density at radius 2 is 1.94 bits per heavy atom. The van der Waals surface area contributed by atoms with Gasteiger partial charge in [0.15, 0.2) is 5.69 Å². The monoisotopic (exact) mass is 217 g/mol. The molecule has 1 aromatic heterocycles. The van der Waals surface area contributed by atoms with E-state index in [2.05, 4.69) is 10.3 Å². The first-order valence-electron chi connectivity index (χ1n) is 4.79. The first kappa shape index (κ1) is 10.4. The van der Waals surface area contributed by atoms with Crippen LogP contribution in [0.5, 0.6) is 0 Å². The van der Waals surface area contributed by atoms with Crippen LogP contribution in [0.1, 0.15) is 16.1 Å². The summed E-state index contributed by atoms with van der Waals surface area (Å²) >= 11 is 0. The van der Waals surface area contributed by atoms with Crippen LogP contribution in [-0.4, -0.2) is 26.1 Å². The van der Waals surface area contributed by atoms with Crippen molar-refractivity contribution in [2.24, 2.45) is 7.05 Å². The van der Waals surface area contributed by atoms with Crippen LogP contribution in [0.3, 0.4) is 0 Å². The molecule has 82 valence electrons. The van der Waals surface area contributed by atoms with Crippen molar-refractivity contribution in [3.05, 3.63) is 35.5 Å². The Hall–Kier alpha value is -2.17. The third-order valence-corrected chi connectivity index (χ3v) is 2.35. The molecule has 5 heteroatoms. The first-order chi connectivity index (χ1) is 7.59. The summed E-state index contributed by atoms with van der Waals surface area (Å²) in [6, 6.07) is 7.57. The third-order valence-electron chi connectivity index (χ3n) is 2.35. The normalized spacial score (nSPS) is 10.4. The maximum atomic E-state index is 11.0. The molecular formula is C11H11N3O2. The van der Waals surface area contributed by atoms with Gasteiger partial charge in [-0.3, -0.25) is 0 Å². The van der Waals surface area contributed by atoms with Gasteiger partial charge < -0.3 is 5.11 Å². The number of carboxylic acids is 1. The predicted molar refractivity (Wildman–Crippen MR) is 58.1 cm³/mol. The van der Waals surface area contributed by atoms with Gasteiger partial charge in [-0.1, -0.05) is 35.0 Å². The number of rotatable bonds is 2. The molecule has 2 aromatic rings.